The van der Waals surface area contributed by atoms with Crippen LogP contribution in [0.1, 0.15) is 36.2 Å². The van der Waals surface area contributed by atoms with Gasteiger partial charge in [0.05, 0.1) is 18.3 Å². The van der Waals surface area contributed by atoms with Crippen molar-refractivity contribution in [2.24, 2.45) is 0 Å². The van der Waals surface area contributed by atoms with Crippen molar-refractivity contribution in [2.45, 2.75) is 25.9 Å². The first-order chi connectivity index (χ1) is 14.7. The molecule has 30 heavy (non-hydrogen) atoms. The fourth-order valence-corrected chi connectivity index (χ4v) is 4.18. The van der Waals surface area contributed by atoms with Crippen LogP contribution in [0.2, 0.25) is 5.02 Å². The maximum Gasteiger partial charge on any atom is 0.318 e. The molecule has 0 aliphatic carbocycles. The second-order valence-corrected chi connectivity index (χ2v) is 7.74. The molecule has 1 aliphatic rings. The molecule has 1 atom stereocenters. The summed E-state index contributed by atoms with van der Waals surface area (Å²) in [5, 5.41) is 3.73. The normalized spacial score (nSPS) is 15.3. The predicted octanol–water partition coefficient (Wildman–Crippen LogP) is 5.17. The minimum atomic E-state index is -0.252. The number of amides is 2. The van der Waals surface area contributed by atoms with Crippen LogP contribution in [0.3, 0.4) is 0 Å². The maximum atomic E-state index is 13.3. The van der Waals surface area contributed by atoms with Gasteiger partial charge in [-0.2, -0.15) is 0 Å². The Morgan fingerprint density at radius 1 is 1.17 bits per heavy atom. The molecule has 5 nitrogen and oxygen atoms in total. The molecular weight excluding hydrogens is 398 g/mol. The summed E-state index contributed by atoms with van der Waals surface area (Å²) >= 11 is 6.31. The number of nitrogens with zero attached hydrogens (tertiary/aromatic N) is 2. The van der Waals surface area contributed by atoms with Crippen LogP contribution in [-0.2, 0) is 11.3 Å². The molecule has 1 aliphatic heterocycles. The number of ether oxygens (including phenoxy) is 1. The van der Waals surface area contributed by atoms with E-state index in [0.717, 1.165) is 28.9 Å². The van der Waals surface area contributed by atoms with Gasteiger partial charge in [0.25, 0.3) is 0 Å². The molecule has 4 rings (SSSR count). The molecule has 1 N–H and O–H groups in total. The Kier molecular flexibility index (Phi) is 6.41. The lowest BCUT2D eigenvalue weighted by Crippen LogP contribution is -2.42. The first-order valence-electron chi connectivity index (χ1n) is 10.3. The van der Waals surface area contributed by atoms with Crippen molar-refractivity contribution < 1.29 is 9.53 Å². The van der Waals surface area contributed by atoms with Crippen LogP contribution in [0.5, 0.6) is 0 Å². The fourth-order valence-electron chi connectivity index (χ4n) is 3.98. The summed E-state index contributed by atoms with van der Waals surface area (Å²) in [6, 6.07) is 19.7. The number of hydrogen-bond donors (Lipinski definition) is 1. The standard InChI is InChI=1S/C24H26ClN3O2/c1-2-30-15-7-13-26-24(29)28-17-19-8-3-4-11-21(19)27-14-6-12-22(27)23(28)18-9-5-10-20(25)16-18/h3-6,8-12,14,16,23H,2,7,13,15,17H2,1H3,(H,26,29). The summed E-state index contributed by atoms with van der Waals surface area (Å²) in [6.45, 7) is 4.37. The highest BCUT2D eigenvalue weighted by Crippen LogP contribution is 2.37. The molecule has 0 spiro atoms. The zero-order chi connectivity index (χ0) is 20.9. The average Bonchev–Trinajstić information content (AvgIpc) is 3.17. The molecule has 0 saturated heterocycles. The fraction of sp³-hybridized carbons (Fsp3) is 0.292. The molecule has 0 saturated carbocycles. The van der Waals surface area contributed by atoms with E-state index in [0.29, 0.717) is 31.3 Å². The number of rotatable bonds is 6. The molecule has 156 valence electrons. The number of aromatic nitrogens is 1. The number of halogens is 1. The van der Waals surface area contributed by atoms with E-state index < -0.39 is 0 Å². The molecule has 1 aromatic heterocycles. The molecule has 0 fully saturated rings. The van der Waals surface area contributed by atoms with Crippen LogP contribution >= 0.6 is 11.6 Å². The molecule has 2 amide bonds. The average molecular weight is 424 g/mol. The Balaban J connectivity index is 1.71. The Bertz CT molecular complexity index is 1020. The van der Waals surface area contributed by atoms with Crippen LogP contribution in [-0.4, -0.2) is 35.3 Å². The van der Waals surface area contributed by atoms with E-state index >= 15 is 0 Å². The highest BCUT2D eigenvalue weighted by molar-refractivity contribution is 6.30. The number of nitrogens with one attached hydrogen (secondary N) is 1. The Labute approximate surface area is 182 Å². The monoisotopic (exact) mass is 423 g/mol. The number of fused-ring (bicyclic) bond motifs is 3. The summed E-state index contributed by atoms with van der Waals surface area (Å²) in [4.78, 5) is 15.2. The van der Waals surface area contributed by atoms with Crippen molar-refractivity contribution >= 4 is 17.6 Å². The smallest absolute Gasteiger partial charge is 0.318 e. The summed E-state index contributed by atoms with van der Waals surface area (Å²) in [5.41, 5.74) is 4.21. The lowest BCUT2D eigenvalue weighted by Gasteiger charge is -2.31. The van der Waals surface area contributed by atoms with E-state index in [1.54, 1.807) is 0 Å². The number of benzene rings is 2. The predicted molar refractivity (Wildman–Crippen MR) is 119 cm³/mol. The van der Waals surface area contributed by atoms with Gasteiger partial charge in [-0.15, -0.1) is 0 Å². The number of urea groups is 1. The largest absolute Gasteiger partial charge is 0.382 e. The SMILES string of the molecule is CCOCCCNC(=O)N1Cc2ccccc2-n2cccc2C1c1cccc(Cl)c1. The molecule has 0 bridgehead atoms. The number of carbonyl (C=O) groups excluding carboxylic acids is 1. The van der Waals surface area contributed by atoms with Crippen molar-refractivity contribution in [3.63, 3.8) is 0 Å². The van der Waals surface area contributed by atoms with Gasteiger partial charge in [-0.3, -0.25) is 0 Å². The zero-order valence-electron chi connectivity index (χ0n) is 17.1. The van der Waals surface area contributed by atoms with Gasteiger partial charge >= 0.3 is 6.03 Å². The van der Waals surface area contributed by atoms with Crippen LogP contribution in [0.25, 0.3) is 5.69 Å². The number of hydrogen-bond acceptors (Lipinski definition) is 2. The molecule has 0 radical (unpaired) electrons. The Morgan fingerprint density at radius 3 is 2.87 bits per heavy atom. The highest BCUT2D eigenvalue weighted by Gasteiger charge is 2.32. The molecular formula is C24H26ClN3O2. The third-order valence-corrected chi connectivity index (χ3v) is 5.57. The summed E-state index contributed by atoms with van der Waals surface area (Å²) in [7, 11) is 0. The van der Waals surface area contributed by atoms with Crippen molar-refractivity contribution in [1.29, 1.82) is 0 Å². The van der Waals surface area contributed by atoms with Crippen LogP contribution in [0, 0.1) is 0 Å². The summed E-state index contributed by atoms with van der Waals surface area (Å²) in [5.74, 6) is 0. The van der Waals surface area contributed by atoms with E-state index in [2.05, 4.69) is 34.3 Å². The van der Waals surface area contributed by atoms with Gasteiger partial charge in [0.1, 0.15) is 0 Å². The number of para-hydroxylation sites is 1. The van der Waals surface area contributed by atoms with Gasteiger partial charge in [0.2, 0.25) is 0 Å². The lowest BCUT2D eigenvalue weighted by molar-refractivity contribution is 0.143. The summed E-state index contributed by atoms with van der Waals surface area (Å²) < 4.78 is 7.55. The Morgan fingerprint density at radius 2 is 2.03 bits per heavy atom. The first kappa shape index (κ1) is 20.5. The van der Waals surface area contributed by atoms with E-state index in [4.69, 9.17) is 16.3 Å². The minimum absolute atomic E-state index is 0.0964. The van der Waals surface area contributed by atoms with Crippen molar-refractivity contribution in [3.8, 4) is 5.69 Å². The van der Waals surface area contributed by atoms with Crippen LogP contribution < -0.4 is 5.32 Å². The highest BCUT2D eigenvalue weighted by atomic mass is 35.5. The maximum absolute atomic E-state index is 13.3. The molecule has 2 heterocycles. The van der Waals surface area contributed by atoms with Crippen molar-refractivity contribution in [1.82, 2.24) is 14.8 Å². The number of carbonyl (C=O) groups is 1. The molecule has 2 aromatic carbocycles. The quantitative estimate of drug-likeness (QED) is 0.556. The van der Waals surface area contributed by atoms with Crippen LogP contribution in [0.4, 0.5) is 4.79 Å². The molecule has 6 heteroatoms. The Hall–Kier alpha value is -2.76. The van der Waals surface area contributed by atoms with E-state index in [1.165, 1.54) is 0 Å². The first-order valence-corrected chi connectivity index (χ1v) is 10.7. The second-order valence-electron chi connectivity index (χ2n) is 7.30. The molecule has 1 unspecified atom stereocenters. The van der Waals surface area contributed by atoms with E-state index in [9.17, 15) is 4.79 Å². The van der Waals surface area contributed by atoms with Crippen molar-refractivity contribution in [3.05, 3.63) is 88.7 Å². The van der Waals surface area contributed by atoms with Gasteiger partial charge in [0.15, 0.2) is 0 Å². The molecule has 3 aromatic rings. The summed E-state index contributed by atoms with van der Waals surface area (Å²) in [6.07, 6.45) is 2.83. The van der Waals surface area contributed by atoms with E-state index in [-0.39, 0.29) is 12.1 Å². The topological polar surface area (TPSA) is 46.5 Å². The minimum Gasteiger partial charge on any atom is -0.382 e. The van der Waals surface area contributed by atoms with Gasteiger partial charge in [-0.25, -0.2) is 4.79 Å². The third kappa shape index (κ3) is 4.23. The third-order valence-electron chi connectivity index (χ3n) is 5.34. The van der Waals surface area contributed by atoms with Gasteiger partial charge in [-0.05, 0) is 54.8 Å². The van der Waals surface area contributed by atoms with Gasteiger partial charge < -0.3 is 19.5 Å². The lowest BCUT2D eigenvalue weighted by atomic mass is 10.0. The van der Waals surface area contributed by atoms with Gasteiger partial charge in [-0.1, -0.05) is 41.9 Å². The zero-order valence-corrected chi connectivity index (χ0v) is 17.8. The van der Waals surface area contributed by atoms with Crippen LogP contribution in [0.15, 0.2) is 66.9 Å². The van der Waals surface area contributed by atoms with Crippen molar-refractivity contribution in [2.75, 3.05) is 19.8 Å². The van der Waals surface area contributed by atoms with Gasteiger partial charge in [0, 0.05) is 36.7 Å². The second kappa shape index (κ2) is 9.37. The van der Waals surface area contributed by atoms with E-state index in [1.807, 2.05) is 54.3 Å².